The zero-order valence-electron chi connectivity index (χ0n) is 15.8. The molecule has 2 aromatic carbocycles. The Hall–Kier alpha value is -3.22. The molecule has 7 heteroatoms. The molecule has 144 valence electrons. The van der Waals surface area contributed by atoms with E-state index in [1.54, 1.807) is 24.3 Å². The van der Waals surface area contributed by atoms with Gasteiger partial charge in [-0.05, 0) is 49.7 Å². The summed E-state index contributed by atoms with van der Waals surface area (Å²) in [5, 5.41) is 2.67. The van der Waals surface area contributed by atoms with Crippen molar-refractivity contribution in [1.82, 2.24) is 0 Å². The first-order valence-electron chi connectivity index (χ1n) is 8.41. The Morgan fingerprint density at radius 3 is 2.33 bits per heavy atom. The molecule has 27 heavy (non-hydrogen) atoms. The quantitative estimate of drug-likeness (QED) is 0.716. The fourth-order valence-corrected chi connectivity index (χ4v) is 2.39. The van der Waals surface area contributed by atoms with Crippen molar-refractivity contribution in [2.24, 2.45) is 0 Å². The number of amides is 1. The number of ether oxygens (including phenoxy) is 4. The zero-order valence-corrected chi connectivity index (χ0v) is 15.8. The van der Waals surface area contributed by atoms with Crippen molar-refractivity contribution in [2.45, 2.75) is 13.8 Å². The summed E-state index contributed by atoms with van der Waals surface area (Å²) in [5.41, 5.74) is 1.74. The highest BCUT2D eigenvalue weighted by atomic mass is 16.5. The lowest BCUT2D eigenvalue weighted by Crippen LogP contribution is -2.21. The molecule has 0 radical (unpaired) electrons. The van der Waals surface area contributed by atoms with Gasteiger partial charge in [-0.25, -0.2) is 4.79 Å². The highest BCUT2D eigenvalue weighted by molar-refractivity contribution is 5.96. The number of nitrogens with one attached hydrogen (secondary N) is 1. The van der Waals surface area contributed by atoms with E-state index in [9.17, 15) is 9.59 Å². The fourth-order valence-electron chi connectivity index (χ4n) is 2.39. The molecule has 0 saturated heterocycles. The maximum Gasteiger partial charge on any atom is 0.338 e. The summed E-state index contributed by atoms with van der Waals surface area (Å²) >= 11 is 0. The van der Waals surface area contributed by atoms with E-state index in [-0.39, 0.29) is 5.56 Å². The van der Waals surface area contributed by atoms with E-state index < -0.39 is 18.5 Å². The van der Waals surface area contributed by atoms with Gasteiger partial charge in [-0.3, -0.25) is 4.79 Å². The van der Waals surface area contributed by atoms with Crippen LogP contribution in [0.1, 0.15) is 22.8 Å². The van der Waals surface area contributed by atoms with E-state index in [1.165, 1.54) is 20.3 Å². The van der Waals surface area contributed by atoms with Crippen LogP contribution >= 0.6 is 0 Å². The largest absolute Gasteiger partial charge is 0.495 e. The third-order valence-electron chi connectivity index (χ3n) is 3.66. The Morgan fingerprint density at radius 2 is 1.67 bits per heavy atom. The first-order chi connectivity index (χ1) is 13.0. The third kappa shape index (κ3) is 5.37. The number of carbonyl (C=O) groups is 2. The SMILES string of the molecule is CCOc1ccc(C(=O)OCC(=O)Nc2cc(C)ccc2OC)cc1OC. The van der Waals surface area contributed by atoms with Gasteiger partial charge >= 0.3 is 5.97 Å². The van der Waals surface area contributed by atoms with E-state index in [0.29, 0.717) is 29.5 Å². The monoisotopic (exact) mass is 373 g/mol. The standard InChI is InChI=1S/C20H23NO6/c1-5-26-17-9-7-14(11-18(17)25-4)20(23)27-12-19(22)21-15-10-13(2)6-8-16(15)24-3/h6-11H,5,12H2,1-4H3,(H,21,22). The van der Waals surface area contributed by atoms with E-state index in [0.717, 1.165) is 5.56 Å². The van der Waals surface area contributed by atoms with Gasteiger partial charge in [0.05, 0.1) is 32.1 Å². The summed E-state index contributed by atoms with van der Waals surface area (Å²) in [6, 6.07) is 10.1. The van der Waals surface area contributed by atoms with Crippen LogP contribution in [-0.2, 0) is 9.53 Å². The van der Waals surface area contributed by atoms with Crippen LogP contribution in [0, 0.1) is 6.92 Å². The first-order valence-corrected chi connectivity index (χ1v) is 8.41. The minimum Gasteiger partial charge on any atom is -0.495 e. The maximum atomic E-state index is 12.2. The van der Waals surface area contributed by atoms with Crippen molar-refractivity contribution in [2.75, 3.05) is 32.8 Å². The van der Waals surface area contributed by atoms with Crippen molar-refractivity contribution < 1.29 is 28.5 Å². The van der Waals surface area contributed by atoms with Crippen LogP contribution < -0.4 is 19.5 Å². The molecule has 0 aliphatic rings. The van der Waals surface area contributed by atoms with Crippen molar-refractivity contribution >= 4 is 17.6 Å². The van der Waals surface area contributed by atoms with Crippen LogP contribution in [0.3, 0.4) is 0 Å². The molecule has 0 aromatic heterocycles. The molecule has 1 amide bonds. The second kappa shape index (κ2) is 9.47. The number of methoxy groups -OCH3 is 2. The lowest BCUT2D eigenvalue weighted by molar-refractivity contribution is -0.119. The lowest BCUT2D eigenvalue weighted by atomic mass is 10.2. The predicted octanol–water partition coefficient (Wildman–Crippen LogP) is 3.21. The van der Waals surface area contributed by atoms with Crippen LogP contribution in [0.5, 0.6) is 17.2 Å². The Balaban J connectivity index is 1.99. The van der Waals surface area contributed by atoms with Gasteiger partial charge in [0.2, 0.25) is 0 Å². The zero-order chi connectivity index (χ0) is 19.8. The molecule has 2 rings (SSSR count). The summed E-state index contributed by atoms with van der Waals surface area (Å²) in [7, 11) is 3.00. The van der Waals surface area contributed by atoms with Crippen molar-refractivity contribution in [1.29, 1.82) is 0 Å². The van der Waals surface area contributed by atoms with Crippen molar-refractivity contribution in [3.63, 3.8) is 0 Å². The Bertz CT molecular complexity index is 818. The Labute approximate surface area is 158 Å². The molecule has 7 nitrogen and oxygen atoms in total. The molecule has 0 aliphatic heterocycles. The lowest BCUT2D eigenvalue weighted by Gasteiger charge is -2.12. The molecule has 0 atom stereocenters. The fraction of sp³-hybridized carbons (Fsp3) is 0.300. The highest BCUT2D eigenvalue weighted by Crippen LogP contribution is 2.28. The average Bonchev–Trinajstić information content (AvgIpc) is 2.66. The van der Waals surface area contributed by atoms with Gasteiger partial charge in [-0.2, -0.15) is 0 Å². The molecular weight excluding hydrogens is 350 g/mol. The molecule has 0 fully saturated rings. The number of rotatable bonds is 8. The second-order valence-electron chi connectivity index (χ2n) is 5.63. The molecule has 0 bridgehead atoms. The van der Waals surface area contributed by atoms with Gasteiger partial charge in [-0.15, -0.1) is 0 Å². The van der Waals surface area contributed by atoms with Gasteiger partial charge in [-0.1, -0.05) is 6.07 Å². The van der Waals surface area contributed by atoms with Crippen molar-refractivity contribution in [3.8, 4) is 17.2 Å². The molecule has 0 spiro atoms. The number of hydrogen-bond donors (Lipinski definition) is 1. The summed E-state index contributed by atoms with van der Waals surface area (Å²) in [6.45, 7) is 3.80. The maximum absolute atomic E-state index is 12.2. The van der Waals surface area contributed by atoms with Crippen LogP contribution in [0.15, 0.2) is 36.4 Å². The minimum atomic E-state index is -0.636. The number of esters is 1. The summed E-state index contributed by atoms with van der Waals surface area (Å²) in [4.78, 5) is 24.3. The van der Waals surface area contributed by atoms with Gasteiger partial charge in [0.15, 0.2) is 18.1 Å². The first kappa shape index (κ1) is 20.1. The Kier molecular flexibility index (Phi) is 7.05. The van der Waals surface area contributed by atoms with E-state index in [2.05, 4.69) is 5.32 Å². The molecule has 0 heterocycles. The number of benzene rings is 2. The van der Waals surface area contributed by atoms with E-state index in [1.807, 2.05) is 19.9 Å². The smallest absolute Gasteiger partial charge is 0.338 e. The van der Waals surface area contributed by atoms with E-state index >= 15 is 0 Å². The topological polar surface area (TPSA) is 83.1 Å². The van der Waals surface area contributed by atoms with E-state index in [4.69, 9.17) is 18.9 Å². The van der Waals surface area contributed by atoms with Crippen LogP contribution in [0.2, 0.25) is 0 Å². The summed E-state index contributed by atoms with van der Waals surface area (Å²) < 4.78 is 20.9. The van der Waals surface area contributed by atoms with Gasteiger partial charge < -0.3 is 24.3 Å². The number of carbonyl (C=O) groups excluding carboxylic acids is 2. The second-order valence-corrected chi connectivity index (χ2v) is 5.63. The molecule has 1 N–H and O–H groups in total. The van der Waals surface area contributed by atoms with Gasteiger partial charge in [0, 0.05) is 0 Å². The third-order valence-corrected chi connectivity index (χ3v) is 3.66. The van der Waals surface area contributed by atoms with Crippen LogP contribution in [0.25, 0.3) is 0 Å². The van der Waals surface area contributed by atoms with Gasteiger partial charge in [0.25, 0.3) is 5.91 Å². The average molecular weight is 373 g/mol. The number of aryl methyl sites for hydroxylation is 1. The van der Waals surface area contributed by atoms with Crippen LogP contribution in [-0.4, -0.2) is 39.3 Å². The van der Waals surface area contributed by atoms with Crippen LogP contribution in [0.4, 0.5) is 5.69 Å². The normalized spacial score (nSPS) is 10.1. The molecule has 2 aromatic rings. The molecule has 0 aliphatic carbocycles. The molecule has 0 unspecified atom stereocenters. The Morgan fingerprint density at radius 1 is 0.963 bits per heavy atom. The molecule has 0 saturated carbocycles. The molecular formula is C20H23NO6. The number of hydrogen-bond acceptors (Lipinski definition) is 6. The predicted molar refractivity (Wildman–Crippen MR) is 101 cm³/mol. The minimum absolute atomic E-state index is 0.260. The van der Waals surface area contributed by atoms with Gasteiger partial charge in [0.1, 0.15) is 5.75 Å². The highest BCUT2D eigenvalue weighted by Gasteiger charge is 2.15. The summed E-state index contributed by atoms with van der Waals surface area (Å²) in [5.74, 6) is 0.366. The number of anilines is 1. The summed E-state index contributed by atoms with van der Waals surface area (Å²) in [6.07, 6.45) is 0. The van der Waals surface area contributed by atoms with Crippen molar-refractivity contribution in [3.05, 3.63) is 47.5 Å².